The van der Waals surface area contributed by atoms with Gasteiger partial charge in [0.15, 0.2) is 0 Å². The van der Waals surface area contributed by atoms with Crippen molar-refractivity contribution in [2.45, 2.75) is 19.4 Å². The number of amides is 2. The van der Waals surface area contributed by atoms with Crippen molar-refractivity contribution in [2.75, 3.05) is 5.32 Å². The van der Waals surface area contributed by atoms with Crippen LogP contribution in [0.3, 0.4) is 0 Å². The van der Waals surface area contributed by atoms with Gasteiger partial charge in [0.2, 0.25) is 11.8 Å². The number of fused-ring (bicyclic) bond motifs is 1. The molecule has 25 heavy (non-hydrogen) atoms. The fraction of sp³-hybridized carbons (Fsp3) is 0.167. The van der Waals surface area contributed by atoms with Crippen molar-refractivity contribution in [3.8, 4) is 0 Å². The zero-order valence-corrected chi connectivity index (χ0v) is 13.6. The van der Waals surface area contributed by atoms with Crippen molar-refractivity contribution in [2.24, 2.45) is 0 Å². The lowest BCUT2D eigenvalue weighted by atomic mass is 10.0. The van der Waals surface area contributed by atoms with Crippen molar-refractivity contribution in [1.82, 2.24) is 15.3 Å². The van der Waals surface area contributed by atoms with Crippen LogP contribution in [0.15, 0.2) is 53.3 Å². The fourth-order valence-corrected chi connectivity index (χ4v) is 2.69. The smallest absolute Gasteiger partial charge is 0.323 e. The van der Waals surface area contributed by atoms with Crippen LogP contribution >= 0.6 is 0 Å². The molecule has 128 valence electrons. The number of H-pyrrole nitrogens is 2. The van der Waals surface area contributed by atoms with E-state index in [4.69, 9.17) is 0 Å². The summed E-state index contributed by atoms with van der Waals surface area (Å²) in [5.74, 6) is -0.437. The number of aromatic amines is 2. The maximum absolute atomic E-state index is 12.4. The Bertz CT molecular complexity index is 959. The molecule has 0 aliphatic rings. The minimum absolute atomic E-state index is 0.102. The van der Waals surface area contributed by atoms with E-state index in [0.717, 1.165) is 5.56 Å². The van der Waals surface area contributed by atoms with Crippen molar-refractivity contribution in [1.29, 1.82) is 0 Å². The van der Waals surface area contributed by atoms with E-state index in [-0.39, 0.29) is 23.9 Å². The van der Waals surface area contributed by atoms with E-state index in [1.54, 1.807) is 18.2 Å². The summed E-state index contributed by atoms with van der Waals surface area (Å²) in [6, 6.07) is 14.0. The van der Waals surface area contributed by atoms with Crippen LogP contribution in [0.4, 0.5) is 5.69 Å². The third kappa shape index (κ3) is 4.14. The van der Waals surface area contributed by atoms with Gasteiger partial charge in [-0.05, 0) is 23.8 Å². The molecule has 0 saturated carbocycles. The van der Waals surface area contributed by atoms with Gasteiger partial charge in [0, 0.05) is 12.6 Å². The predicted molar refractivity (Wildman–Crippen MR) is 95.2 cm³/mol. The molecule has 3 aromatic rings. The lowest BCUT2D eigenvalue weighted by Crippen LogP contribution is -2.29. The molecule has 0 aliphatic carbocycles. The SMILES string of the molecule is CC(=O)NC(CC(=O)Nc1ccc2[nH]c(=O)[nH]c2c1)c1ccccc1. The molecule has 7 heteroatoms. The molecule has 1 heterocycles. The van der Waals surface area contributed by atoms with Gasteiger partial charge in [-0.2, -0.15) is 0 Å². The monoisotopic (exact) mass is 338 g/mol. The zero-order chi connectivity index (χ0) is 17.8. The van der Waals surface area contributed by atoms with Gasteiger partial charge in [-0.25, -0.2) is 4.79 Å². The Kier molecular flexibility index (Phi) is 4.65. The van der Waals surface area contributed by atoms with Crippen molar-refractivity contribution in [3.63, 3.8) is 0 Å². The number of hydrogen-bond donors (Lipinski definition) is 4. The van der Waals surface area contributed by atoms with Gasteiger partial charge in [-0.15, -0.1) is 0 Å². The summed E-state index contributed by atoms with van der Waals surface area (Å²) in [5, 5.41) is 5.58. The van der Waals surface area contributed by atoms with E-state index in [9.17, 15) is 14.4 Å². The Morgan fingerprint density at radius 1 is 1.04 bits per heavy atom. The van der Waals surface area contributed by atoms with Crippen LogP contribution in [0.1, 0.15) is 24.9 Å². The Morgan fingerprint density at radius 2 is 1.76 bits per heavy atom. The highest BCUT2D eigenvalue weighted by molar-refractivity contribution is 5.93. The van der Waals surface area contributed by atoms with Crippen LogP contribution < -0.4 is 16.3 Å². The molecule has 1 unspecified atom stereocenters. The molecule has 3 rings (SSSR count). The molecule has 0 aliphatic heterocycles. The molecule has 0 spiro atoms. The number of carbonyl (C=O) groups excluding carboxylic acids is 2. The minimum atomic E-state index is -0.408. The normalized spacial score (nSPS) is 11.9. The van der Waals surface area contributed by atoms with E-state index in [0.29, 0.717) is 16.7 Å². The number of rotatable bonds is 5. The third-order valence-electron chi connectivity index (χ3n) is 3.77. The van der Waals surface area contributed by atoms with Gasteiger partial charge >= 0.3 is 5.69 Å². The van der Waals surface area contributed by atoms with Gasteiger partial charge in [-0.3, -0.25) is 9.59 Å². The molecule has 1 aromatic heterocycles. The second-order valence-electron chi connectivity index (χ2n) is 5.76. The maximum atomic E-state index is 12.4. The summed E-state index contributed by atoms with van der Waals surface area (Å²) in [6.45, 7) is 1.42. The van der Waals surface area contributed by atoms with E-state index in [2.05, 4.69) is 20.6 Å². The number of aromatic nitrogens is 2. The molecule has 4 N–H and O–H groups in total. The highest BCUT2D eigenvalue weighted by Gasteiger charge is 2.17. The van der Waals surface area contributed by atoms with Gasteiger partial charge in [0.1, 0.15) is 0 Å². The quantitative estimate of drug-likeness (QED) is 0.572. The highest BCUT2D eigenvalue weighted by Crippen LogP contribution is 2.19. The Hall–Kier alpha value is -3.35. The molecule has 0 bridgehead atoms. The van der Waals surface area contributed by atoms with Gasteiger partial charge in [-0.1, -0.05) is 30.3 Å². The number of hydrogen-bond acceptors (Lipinski definition) is 3. The van der Waals surface area contributed by atoms with Crippen LogP contribution in [0.5, 0.6) is 0 Å². The molecular weight excluding hydrogens is 320 g/mol. The second-order valence-corrected chi connectivity index (χ2v) is 5.76. The van der Waals surface area contributed by atoms with Crippen LogP contribution in [-0.2, 0) is 9.59 Å². The topological polar surface area (TPSA) is 107 Å². The standard InChI is InChI=1S/C18H18N4O3/c1-11(23)19-15(12-5-3-2-4-6-12)10-17(24)20-13-7-8-14-16(9-13)22-18(25)21-14/h2-9,15H,10H2,1H3,(H,19,23)(H,20,24)(H2,21,22,25). The summed E-state index contributed by atoms with van der Waals surface area (Å²) < 4.78 is 0. The lowest BCUT2D eigenvalue weighted by Gasteiger charge is -2.18. The summed E-state index contributed by atoms with van der Waals surface area (Å²) >= 11 is 0. The van der Waals surface area contributed by atoms with Crippen molar-refractivity contribution in [3.05, 3.63) is 64.6 Å². The first-order valence-corrected chi connectivity index (χ1v) is 7.85. The van der Waals surface area contributed by atoms with Crippen LogP contribution in [0, 0.1) is 0 Å². The van der Waals surface area contributed by atoms with Gasteiger partial charge in [0.05, 0.1) is 23.5 Å². The fourth-order valence-electron chi connectivity index (χ4n) is 2.69. The zero-order valence-electron chi connectivity index (χ0n) is 13.6. The largest absolute Gasteiger partial charge is 0.349 e. The molecule has 1 atom stereocenters. The average Bonchev–Trinajstić information content (AvgIpc) is 2.94. The molecule has 0 saturated heterocycles. The number of carbonyl (C=O) groups is 2. The first kappa shape index (κ1) is 16.5. The Balaban J connectivity index is 1.73. The summed E-state index contributed by atoms with van der Waals surface area (Å²) in [7, 11) is 0. The van der Waals surface area contributed by atoms with Gasteiger partial charge in [0.25, 0.3) is 0 Å². The molecule has 0 radical (unpaired) electrons. The van der Waals surface area contributed by atoms with Crippen molar-refractivity contribution < 1.29 is 9.59 Å². The van der Waals surface area contributed by atoms with E-state index < -0.39 is 6.04 Å². The van der Waals surface area contributed by atoms with E-state index in [1.807, 2.05) is 30.3 Å². The lowest BCUT2D eigenvalue weighted by molar-refractivity contribution is -0.120. The molecule has 0 fully saturated rings. The molecule has 7 nitrogen and oxygen atoms in total. The number of anilines is 1. The molecular formula is C18H18N4O3. The first-order valence-electron chi connectivity index (χ1n) is 7.85. The Labute approximate surface area is 143 Å². The number of benzene rings is 2. The maximum Gasteiger partial charge on any atom is 0.323 e. The third-order valence-corrected chi connectivity index (χ3v) is 3.77. The van der Waals surface area contributed by atoms with Crippen LogP contribution in [0.25, 0.3) is 11.0 Å². The minimum Gasteiger partial charge on any atom is -0.349 e. The first-order chi connectivity index (χ1) is 12.0. The van der Waals surface area contributed by atoms with E-state index >= 15 is 0 Å². The number of nitrogens with one attached hydrogen (secondary N) is 4. The average molecular weight is 338 g/mol. The highest BCUT2D eigenvalue weighted by atomic mass is 16.2. The number of imidazole rings is 1. The summed E-state index contributed by atoms with van der Waals surface area (Å²) in [5.41, 5.74) is 2.42. The summed E-state index contributed by atoms with van der Waals surface area (Å²) in [6.07, 6.45) is 0.102. The van der Waals surface area contributed by atoms with Gasteiger partial charge < -0.3 is 20.6 Å². The molecule has 2 amide bonds. The van der Waals surface area contributed by atoms with Crippen molar-refractivity contribution >= 4 is 28.5 Å². The van der Waals surface area contributed by atoms with Crippen LogP contribution in [-0.4, -0.2) is 21.8 Å². The molecule has 2 aromatic carbocycles. The second kappa shape index (κ2) is 7.04. The van der Waals surface area contributed by atoms with E-state index in [1.165, 1.54) is 6.92 Å². The van der Waals surface area contributed by atoms with Crippen LogP contribution in [0.2, 0.25) is 0 Å². The predicted octanol–water partition coefficient (Wildman–Crippen LogP) is 2.06. The Morgan fingerprint density at radius 3 is 2.48 bits per heavy atom. The summed E-state index contributed by atoms with van der Waals surface area (Å²) in [4.78, 5) is 40.4.